The Morgan fingerprint density at radius 2 is 1.83 bits per heavy atom. The van der Waals surface area contributed by atoms with Gasteiger partial charge in [0.1, 0.15) is 11.6 Å². The molecule has 35 heavy (non-hydrogen) atoms. The Morgan fingerprint density at radius 1 is 1.11 bits per heavy atom. The summed E-state index contributed by atoms with van der Waals surface area (Å²) in [7, 11) is 0. The van der Waals surface area contributed by atoms with Gasteiger partial charge in [0.05, 0.1) is 11.3 Å². The minimum Gasteiger partial charge on any atom is -0.444 e. The molecule has 0 aromatic heterocycles. The number of nitrogens with zero attached hydrogens (tertiary/aromatic N) is 2. The van der Waals surface area contributed by atoms with Crippen molar-refractivity contribution in [3.05, 3.63) is 41.5 Å². The van der Waals surface area contributed by atoms with Crippen molar-refractivity contribution in [2.24, 2.45) is 0 Å². The molecule has 0 aliphatic carbocycles. The Hall–Kier alpha value is -3.46. The maximum absolute atomic E-state index is 13.3. The summed E-state index contributed by atoms with van der Waals surface area (Å²) < 4.78 is 5.47. The van der Waals surface area contributed by atoms with Crippen LogP contribution in [0.15, 0.2) is 30.3 Å². The minimum absolute atomic E-state index is 0.172. The summed E-state index contributed by atoms with van der Waals surface area (Å²) in [5.74, 6) is -1.10. The van der Waals surface area contributed by atoms with Crippen LogP contribution in [0.1, 0.15) is 62.4 Å². The fourth-order valence-corrected chi connectivity index (χ4v) is 5.30. The molecule has 1 unspecified atom stereocenters. The number of ether oxygens (including phenoxy) is 1. The van der Waals surface area contributed by atoms with Gasteiger partial charge >= 0.3 is 6.09 Å². The number of anilines is 1. The van der Waals surface area contributed by atoms with E-state index in [-0.39, 0.29) is 24.7 Å². The predicted octanol–water partition coefficient (Wildman–Crippen LogP) is 2.82. The molecule has 0 radical (unpaired) electrons. The maximum Gasteiger partial charge on any atom is 0.410 e. The number of aliphatic hydroxyl groups is 1. The molecule has 3 heterocycles. The van der Waals surface area contributed by atoms with Crippen LogP contribution in [0.5, 0.6) is 0 Å². The SMILES string of the molecule is CC(C)(C)OC(=O)N1CCC(O)(c2ccc3c4c(cccc24)N(C2CCC(=O)NC2=O)C3=O)CC1. The predicted molar refractivity (Wildman–Crippen MR) is 128 cm³/mol. The van der Waals surface area contributed by atoms with Crippen LogP contribution in [-0.2, 0) is 19.9 Å². The van der Waals surface area contributed by atoms with Crippen LogP contribution in [0.25, 0.3) is 10.8 Å². The molecule has 2 fully saturated rings. The molecule has 9 heteroatoms. The van der Waals surface area contributed by atoms with Gasteiger partial charge in [0, 0.05) is 30.5 Å². The molecule has 0 spiro atoms. The van der Waals surface area contributed by atoms with Gasteiger partial charge in [-0.3, -0.25) is 24.6 Å². The van der Waals surface area contributed by atoms with E-state index in [4.69, 9.17) is 4.74 Å². The summed E-state index contributed by atoms with van der Waals surface area (Å²) in [6.45, 7) is 6.14. The van der Waals surface area contributed by atoms with Gasteiger partial charge in [-0.05, 0) is 63.1 Å². The van der Waals surface area contributed by atoms with Gasteiger partial charge in [-0.2, -0.15) is 0 Å². The molecule has 2 saturated heterocycles. The van der Waals surface area contributed by atoms with Crippen molar-refractivity contribution in [1.82, 2.24) is 10.2 Å². The van der Waals surface area contributed by atoms with E-state index in [2.05, 4.69) is 5.32 Å². The molecule has 3 aliphatic rings. The Bertz CT molecular complexity index is 1260. The second-order valence-corrected chi connectivity index (χ2v) is 10.5. The monoisotopic (exact) mass is 479 g/mol. The molecule has 2 aromatic carbocycles. The highest BCUT2D eigenvalue weighted by Gasteiger charge is 2.43. The highest BCUT2D eigenvalue weighted by Crippen LogP contribution is 2.45. The van der Waals surface area contributed by atoms with Crippen LogP contribution < -0.4 is 10.2 Å². The van der Waals surface area contributed by atoms with E-state index >= 15 is 0 Å². The number of hydrogen-bond donors (Lipinski definition) is 2. The number of amides is 4. The van der Waals surface area contributed by atoms with Crippen LogP contribution in [0, 0.1) is 0 Å². The molecule has 2 aromatic rings. The quantitative estimate of drug-likeness (QED) is 0.640. The lowest BCUT2D eigenvalue weighted by Gasteiger charge is -2.39. The number of carbonyl (C=O) groups is 4. The van der Waals surface area contributed by atoms with Gasteiger partial charge in [-0.1, -0.05) is 18.2 Å². The van der Waals surface area contributed by atoms with Gasteiger partial charge in [0.25, 0.3) is 5.91 Å². The van der Waals surface area contributed by atoms with Gasteiger partial charge in [0.2, 0.25) is 11.8 Å². The lowest BCUT2D eigenvalue weighted by molar-refractivity contribution is -0.134. The molecule has 0 bridgehead atoms. The number of benzene rings is 2. The third-order valence-corrected chi connectivity index (χ3v) is 6.99. The largest absolute Gasteiger partial charge is 0.444 e. The second-order valence-electron chi connectivity index (χ2n) is 10.5. The van der Waals surface area contributed by atoms with Crippen molar-refractivity contribution in [3.8, 4) is 0 Å². The zero-order chi connectivity index (χ0) is 25.1. The number of likely N-dealkylation sites (tertiary alicyclic amines) is 1. The van der Waals surface area contributed by atoms with Crippen LogP contribution in [0.4, 0.5) is 10.5 Å². The molecule has 184 valence electrons. The van der Waals surface area contributed by atoms with Crippen LogP contribution in [-0.4, -0.2) is 58.6 Å². The summed E-state index contributed by atoms with van der Waals surface area (Å²) in [6, 6.07) is 8.18. The van der Waals surface area contributed by atoms with Gasteiger partial charge < -0.3 is 14.7 Å². The summed E-state index contributed by atoms with van der Waals surface area (Å²) in [5, 5.41) is 15.4. The van der Waals surface area contributed by atoms with E-state index in [1.54, 1.807) is 23.1 Å². The molecule has 0 saturated carbocycles. The van der Waals surface area contributed by atoms with E-state index in [1.807, 2.05) is 32.9 Å². The Balaban J connectivity index is 1.46. The number of nitrogens with one attached hydrogen (secondary N) is 1. The lowest BCUT2D eigenvalue weighted by atomic mass is 9.81. The lowest BCUT2D eigenvalue weighted by Crippen LogP contribution is -2.53. The molecule has 5 rings (SSSR count). The molecular formula is C26H29N3O6. The van der Waals surface area contributed by atoms with E-state index < -0.39 is 29.2 Å². The van der Waals surface area contributed by atoms with E-state index in [0.29, 0.717) is 48.1 Å². The van der Waals surface area contributed by atoms with Gasteiger partial charge in [-0.25, -0.2) is 4.79 Å². The standard InChI is InChI=1S/C26H29N3O6/c1-25(2,3)35-24(33)28-13-11-26(34,12-14-28)17-8-7-16-21-15(17)5-4-6-18(21)29(23(16)32)19-9-10-20(30)27-22(19)31/h4-8,19,34H,9-14H2,1-3H3,(H,27,30,31). The molecule has 9 nitrogen and oxygen atoms in total. The molecule has 4 amide bonds. The van der Waals surface area contributed by atoms with E-state index in [9.17, 15) is 24.3 Å². The van der Waals surface area contributed by atoms with Gasteiger partial charge in [-0.15, -0.1) is 0 Å². The molecular weight excluding hydrogens is 450 g/mol. The van der Waals surface area contributed by atoms with E-state index in [0.717, 1.165) is 5.39 Å². The molecule has 1 atom stereocenters. The highest BCUT2D eigenvalue weighted by molar-refractivity contribution is 6.27. The first kappa shape index (κ1) is 23.3. The topological polar surface area (TPSA) is 116 Å². The van der Waals surface area contributed by atoms with Crippen molar-refractivity contribution in [2.75, 3.05) is 18.0 Å². The van der Waals surface area contributed by atoms with Crippen molar-refractivity contribution < 1.29 is 29.0 Å². The Kier molecular flexibility index (Phi) is 5.36. The van der Waals surface area contributed by atoms with Crippen molar-refractivity contribution in [1.29, 1.82) is 0 Å². The third-order valence-electron chi connectivity index (χ3n) is 6.99. The third kappa shape index (κ3) is 3.93. The fraction of sp³-hybridized carbons (Fsp3) is 0.462. The number of piperidine rings is 2. The first-order valence-corrected chi connectivity index (χ1v) is 11.9. The average molecular weight is 480 g/mol. The summed E-state index contributed by atoms with van der Waals surface area (Å²) >= 11 is 0. The number of carbonyl (C=O) groups excluding carboxylic acids is 4. The van der Waals surface area contributed by atoms with Crippen molar-refractivity contribution in [2.45, 2.75) is 63.7 Å². The van der Waals surface area contributed by atoms with E-state index in [1.165, 1.54) is 4.90 Å². The van der Waals surface area contributed by atoms with Crippen LogP contribution >= 0.6 is 0 Å². The fourth-order valence-electron chi connectivity index (χ4n) is 5.30. The van der Waals surface area contributed by atoms with Crippen molar-refractivity contribution >= 4 is 40.3 Å². The summed E-state index contributed by atoms with van der Waals surface area (Å²) in [6.07, 6.45) is 0.695. The van der Waals surface area contributed by atoms with Crippen molar-refractivity contribution in [3.63, 3.8) is 0 Å². The Morgan fingerprint density at radius 3 is 2.49 bits per heavy atom. The second kappa shape index (κ2) is 8.05. The normalized spacial score (nSPS) is 21.9. The maximum atomic E-state index is 13.3. The number of hydrogen-bond acceptors (Lipinski definition) is 6. The summed E-state index contributed by atoms with van der Waals surface area (Å²) in [5.41, 5.74) is -0.00290. The first-order chi connectivity index (χ1) is 16.5. The first-order valence-electron chi connectivity index (χ1n) is 11.9. The molecule has 3 aliphatic heterocycles. The summed E-state index contributed by atoms with van der Waals surface area (Å²) in [4.78, 5) is 53.0. The van der Waals surface area contributed by atoms with Crippen LogP contribution in [0.2, 0.25) is 0 Å². The zero-order valence-electron chi connectivity index (χ0n) is 20.1. The molecule has 2 N–H and O–H groups in total. The average Bonchev–Trinajstić information content (AvgIpc) is 3.06. The minimum atomic E-state index is -1.18. The zero-order valence-corrected chi connectivity index (χ0v) is 20.1. The number of rotatable bonds is 2. The van der Waals surface area contributed by atoms with Crippen LogP contribution in [0.3, 0.4) is 0 Å². The number of imide groups is 1. The van der Waals surface area contributed by atoms with Gasteiger partial charge in [0.15, 0.2) is 0 Å². The Labute approximate surface area is 203 Å². The highest BCUT2D eigenvalue weighted by atomic mass is 16.6. The smallest absolute Gasteiger partial charge is 0.410 e.